The van der Waals surface area contributed by atoms with Crippen LogP contribution < -0.4 is 21.3 Å². The van der Waals surface area contributed by atoms with Crippen molar-refractivity contribution in [1.29, 1.82) is 0 Å². The second-order valence-corrected chi connectivity index (χ2v) is 7.10. The van der Waals surface area contributed by atoms with Crippen molar-refractivity contribution < 1.29 is 18.7 Å². The summed E-state index contributed by atoms with van der Waals surface area (Å²) in [5, 5.41) is 4.04. The molecule has 3 aromatic rings. The molecule has 0 saturated carbocycles. The molecule has 0 unspecified atom stereocenters. The van der Waals surface area contributed by atoms with Crippen LogP contribution >= 0.6 is 11.3 Å². The van der Waals surface area contributed by atoms with Gasteiger partial charge in [0.15, 0.2) is 0 Å². The summed E-state index contributed by atoms with van der Waals surface area (Å²) in [5.41, 5.74) is 5.20. The molecular formula is C19H14FN3O4S. The number of fused-ring (bicyclic) bond motifs is 1. The smallest absolute Gasteiger partial charge is 0.262 e. The van der Waals surface area contributed by atoms with Gasteiger partial charge in [-0.25, -0.2) is 4.39 Å². The molecule has 9 heteroatoms. The lowest BCUT2D eigenvalue weighted by molar-refractivity contribution is 0.0880. The topological polar surface area (TPSA) is 103 Å². The lowest BCUT2D eigenvalue weighted by Gasteiger charge is -2.16. The van der Waals surface area contributed by atoms with E-state index >= 15 is 0 Å². The molecule has 142 valence electrons. The second kappa shape index (κ2) is 6.93. The van der Waals surface area contributed by atoms with Crippen LogP contribution in [0.3, 0.4) is 0 Å². The number of nitrogens with two attached hydrogens (primary N) is 1. The zero-order valence-corrected chi connectivity index (χ0v) is 15.2. The van der Waals surface area contributed by atoms with E-state index in [1.54, 1.807) is 11.3 Å². The molecule has 0 spiro atoms. The summed E-state index contributed by atoms with van der Waals surface area (Å²) in [4.78, 5) is 37.5. The standard InChI is InChI=1S/C19H14FN3O4S/c20-10-3-4-14(27-6-5-11-2-1-7-28-11)13(8-10)23-15(24)9-12-16(17(23)21)19(26)22-18(12)25/h1-4,7-9H,5-6,21H2,(H,22,25,26). The maximum atomic E-state index is 13.9. The Hall–Kier alpha value is -3.46. The number of hydrogen-bond acceptors (Lipinski definition) is 6. The molecule has 2 aromatic heterocycles. The number of benzene rings is 1. The number of pyridine rings is 1. The molecule has 3 N–H and O–H groups in total. The van der Waals surface area contributed by atoms with Gasteiger partial charge in [-0.2, -0.15) is 0 Å². The number of nitrogens with one attached hydrogen (secondary N) is 1. The highest BCUT2D eigenvalue weighted by Gasteiger charge is 2.32. The van der Waals surface area contributed by atoms with Gasteiger partial charge in [0.05, 0.1) is 23.4 Å². The first-order chi connectivity index (χ1) is 13.5. The second-order valence-electron chi connectivity index (χ2n) is 6.07. The lowest BCUT2D eigenvalue weighted by Crippen LogP contribution is -2.24. The molecule has 0 fully saturated rings. The Kier molecular flexibility index (Phi) is 4.44. The number of nitrogen functional groups attached to an aromatic ring is 1. The van der Waals surface area contributed by atoms with Gasteiger partial charge < -0.3 is 10.5 Å². The van der Waals surface area contributed by atoms with Crippen molar-refractivity contribution in [2.24, 2.45) is 0 Å². The van der Waals surface area contributed by atoms with E-state index in [0.29, 0.717) is 13.0 Å². The molecule has 4 rings (SSSR count). The highest BCUT2D eigenvalue weighted by molar-refractivity contribution is 7.09. The lowest BCUT2D eigenvalue weighted by atomic mass is 10.1. The number of imide groups is 1. The zero-order chi connectivity index (χ0) is 19.8. The van der Waals surface area contributed by atoms with Crippen LogP contribution in [0.1, 0.15) is 25.6 Å². The Morgan fingerprint density at radius 3 is 2.71 bits per heavy atom. The summed E-state index contributed by atoms with van der Waals surface area (Å²) in [6, 6.07) is 8.60. The molecular weight excluding hydrogens is 385 g/mol. The molecule has 0 bridgehead atoms. The number of aromatic nitrogens is 1. The van der Waals surface area contributed by atoms with Crippen LogP contribution in [-0.4, -0.2) is 23.0 Å². The third kappa shape index (κ3) is 3.05. The average Bonchev–Trinajstić information content (AvgIpc) is 3.25. The Morgan fingerprint density at radius 1 is 1.14 bits per heavy atom. The monoisotopic (exact) mass is 399 g/mol. The number of halogens is 1. The Balaban J connectivity index is 1.76. The molecule has 0 aliphatic carbocycles. The first-order valence-corrected chi connectivity index (χ1v) is 9.20. The summed E-state index contributed by atoms with van der Waals surface area (Å²) < 4.78 is 20.6. The van der Waals surface area contributed by atoms with E-state index in [1.165, 1.54) is 12.1 Å². The largest absolute Gasteiger partial charge is 0.491 e. The number of ether oxygens (including phenoxy) is 1. The van der Waals surface area contributed by atoms with Gasteiger partial charge in [-0.1, -0.05) is 6.07 Å². The fraction of sp³-hybridized carbons (Fsp3) is 0.105. The Labute approximate surface area is 162 Å². The number of carbonyl (C=O) groups is 2. The summed E-state index contributed by atoms with van der Waals surface area (Å²) >= 11 is 1.59. The van der Waals surface area contributed by atoms with Crippen LogP contribution in [0.2, 0.25) is 0 Å². The third-order valence-electron chi connectivity index (χ3n) is 4.30. The predicted octanol–water partition coefficient (Wildman–Crippen LogP) is 2.13. The van der Waals surface area contributed by atoms with Crippen LogP contribution in [0, 0.1) is 5.82 Å². The van der Waals surface area contributed by atoms with Crippen LogP contribution in [-0.2, 0) is 6.42 Å². The van der Waals surface area contributed by atoms with Gasteiger partial charge in [0, 0.05) is 23.4 Å². The molecule has 0 saturated heterocycles. The number of nitrogens with zero attached hydrogens (tertiary/aromatic N) is 1. The van der Waals surface area contributed by atoms with E-state index < -0.39 is 23.2 Å². The first-order valence-electron chi connectivity index (χ1n) is 8.32. The maximum Gasteiger partial charge on any atom is 0.262 e. The molecule has 3 heterocycles. The van der Waals surface area contributed by atoms with Gasteiger partial charge in [0.25, 0.3) is 17.4 Å². The fourth-order valence-electron chi connectivity index (χ4n) is 3.03. The summed E-state index contributed by atoms with van der Waals surface area (Å²) in [6.45, 7) is 0.303. The minimum Gasteiger partial charge on any atom is -0.491 e. The maximum absolute atomic E-state index is 13.9. The number of carbonyl (C=O) groups excluding carboxylic acids is 2. The molecule has 28 heavy (non-hydrogen) atoms. The van der Waals surface area contributed by atoms with Gasteiger partial charge in [-0.05, 0) is 23.6 Å². The highest BCUT2D eigenvalue weighted by atomic mass is 32.1. The molecule has 7 nitrogen and oxygen atoms in total. The Morgan fingerprint density at radius 2 is 1.96 bits per heavy atom. The minimum atomic E-state index is -0.706. The predicted molar refractivity (Wildman–Crippen MR) is 102 cm³/mol. The number of thiophene rings is 1. The molecule has 1 aromatic carbocycles. The van der Waals surface area contributed by atoms with Gasteiger partial charge in [0.2, 0.25) is 0 Å². The van der Waals surface area contributed by atoms with Gasteiger partial charge >= 0.3 is 0 Å². The van der Waals surface area contributed by atoms with Crippen LogP contribution in [0.15, 0.2) is 46.6 Å². The van der Waals surface area contributed by atoms with E-state index in [1.807, 2.05) is 17.5 Å². The molecule has 0 atom stereocenters. The van der Waals surface area contributed by atoms with Crippen LogP contribution in [0.25, 0.3) is 5.69 Å². The minimum absolute atomic E-state index is 0.0589. The summed E-state index contributed by atoms with van der Waals surface area (Å²) in [5.74, 6) is -2.02. The number of hydrogen-bond donors (Lipinski definition) is 2. The van der Waals surface area contributed by atoms with E-state index in [9.17, 15) is 18.8 Å². The number of anilines is 1. The van der Waals surface area contributed by atoms with Crippen molar-refractivity contribution in [2.75, 3.05) is 12.3 Å². The van der Waals surface area contributed by atoms with E-state index in [2.05, 4.69) is 5.32 Å². The normalized spacial score (nSPS) is 12.8. The quantitative estimate of drug-likeness (QED) is 0.640. The number of amides is 2. The third-order valence-corrected chi connectivity index (χ3v) is 5.24. The van der Waals surface area contributed by atoms with Gasteiger partial charge in [-0.3, -0.25) is 24.3 Å². The summed E-state index contributed by atoms with van der Waals surface area (Å²) in [7, 11) is 0. The average molecular weight is 399 g/mol. The highest BCUT2D eigenvalue weighted by Crippen LogP contribution is 2.29. The first kappa shape index (κ1) is 17.9. The van der Waals surface area contributed by atoms with E-state index in [4.69, 9.17) is 10.5 Å². The van der Waals surface area contributed by atoms with Gasteiger partial charge in [0.1, 0.15) is 17.4 Å². The van der Waals surface area contributed by atoms with Crippen molar-refractivity contribution in [3.63, 3.8) is 0 Å². The molecule has 1 aliphatic rings. The molecule has 1 aliphatic heterocycles. The van der Waals surface area contributed by atoms with Gasteiger partial charge in [-0.15, -0.1) is 11.3 Å². The fourth-order valence-corrected chi connectivity index (χ4v) is 3.72. The van der Waals surface area contributed by atoms with Crippen LogP contribution in [0.4, 0.5) is 10.2 Å². The molecule has 2 amide bonds. The zero-order valence-electron chi connectivity index (χ0n) is 14.4. The van der Waals surface area contributed by atoms with Crippen molar-refractivity contribution in [3.05, 3.63) is 74.0 Å². The summed E-state index contributed by atoms with van der Waals surface area (Å²) in [6.07, 6.45) is 0.639. The van der Waals surface area contributed by atoms with E-state index in [-0.39, 0.29) is 28.4 Å². The van der Waals surface area contributed by atoms with Crippen molar-refractivity contribution >= 4 is 29.0 Å². The van der Waals surface area contributed by atoms with E-state index in [0.717, 1.165) is 21.6 Å². The number of rotatable bonds is 5. The molecule has 0 radical (unpaired) electrons. The van der Waals surface area contributed by atoms with Crippen molar-refractivity contribution in [1.82, 2.24) is 9.88 Å². The van der Waals surface area contributed by atoms with Crippen molar-refractivity contribution in [3.8, 4) is 11.4 Å². The van der Waals surface area contributed by atoms with Crippen molar-refractivity contribution in [2.45, 2.75) is 6.42 Å². The Bertz CT molecular complexity index is 1150. The SMILES string of the molecule is Nc1c2c(cc(=O)n1-c1cc(F)ccc1OCCc1cccs1)C(=O)NC2=O. The van der Waals surface area contributed by atoms with Crippen LogP contribution in [0.5, 0.6) is 5.75 Å².